The van der Waals surface area contributed by atoms with E-state index in [0.29, 0.717) is 12.2 Å². The van der Waals surface area contributed by atoms with Crippen LogP contribution in [-0.2, 0) is 13.6 Å². The minimum absolute atomic E-state index is 0.0130. The molecule has 0 spiro atoms. The van der Waals surface area contributed by atoms with Crippen molar-refractivity contribution in [1.82, 2.24) is 29.8 Å². The number of aromatic amines is 1. The molecule has 8 heteroatoms. The van der Waals surface area contributed by atoms with Crippen LogP contribution in [0.3, 0.4) is 0 Å². The van der Waals surface area contributed by atoms with Crippen LogP contribution in [0.4, 0.5) is 0 Å². The molecule has 4 rings (SSSR count). The Morgan fingerprint density at radius 3 is 2.75 bits per heavy atom. The van der Waals surface area contributed by atoms with Gasteiger partial charge in [0.05, 0.1) is 11.9 Å². The van der Waals surface area contributed by atoms with Crippen molar-refractivity contribution in [3.05, 3.63) is 58.5 Å². The molecule has 0 saturated carbocycles. The zero-order chi connectivity index (χ0) is 19.5. The number of nitrogens with zero attached hydrogens (tertiary/aromatic N) is 5. The van der Waals surface area contributed by atoms with Crippen LogP contribution in [0.2, 0.25) is 0 Å². The summed E-state index contributed by atoms with van der Waals surface area (Å²) in [6.07, 6.45) is 4.91. The molecule has 1 fully saturated rings. The monoisotopic (exact) mass is 442 g/mol. The fourth-order valence-electron chi connectivity index (χ4n) is 3.51. The number of hydrogen-bond donors (Lipinski definition) is 1. The summed E-state index contributed by atoms with van der Waals surface area (Å²) in [7, 11) is 1.93. The maximum Gasteiger partial charge on any atom is 0.271 e. The molecule has 1 amide bonds. The first-order valence-corrected chi connectivity index (χ1v) is 10.2. The summed E-state index contributed by atoms with van der Waals surface area (Å²) in [4.78, 5) is 17.2. The van der Waals surface area contributed by atoms with Crippen LogP contribution in [0.15, 0.2) is 47.2 Å². The lowest BCUT2D eigenvalue weighted by Gasteiger charge is -2.21. The Kier molecular flexibility index (Phi) is 5.59. The van der Waals surface area contributed by atoms with Crippen molar-refractivity contribution in [2.24, 2.45) is 7.05 Å². The van der Waals surface area contributed by atoms with Gasteiger partial charge in [0.1, 0.15) is 5.69 Å². The molecule has 0 atom stereocenters. The zero-order valence-corrected chi connectivity index (χ0v) is 17.4. The van der Waals surface area contributed by atoms with Crippen molar-refractivity contribution >= 4 is 21.8 Å². The van der Waals surface area contributed by atoms with Gasteiger partial charge in [-0.05, 0) is 24.6 Å². The van der Waals surface area contributed by atoms with E-state index < -0.39 is 0 Å². The molecule has 2 aromatic heterocycles. The largest absolute Gasteiger partial charge is 0.336 e. The second kappa shape index (κ2) is 8.28. The van der Waals surface area contributed by atoms with Crippen LogP contribution in [0.5, 0.6) is 0 Å². The second-order valence-electron chi connectivity index (χ2n) is 7.12. The highest BCUT2D eigenvalue weighted by Gasteiger charge is 2.22. The first-order valence-electron chi connectivity index (χ1n) is 9.39. The molecule has 1 aliphatic heterocycles. The van der Waals surface area contributed by atoms with E-state index in [2.05, 4.69) is 36.1 Å². The molecule has 28 heavy (non-hydrogen) atoms. The number of benzene rings is 1. The molecule has 1 aliphatic rings. The lowest BCUT2D eigenvalue weighted by molar-refractivity contribution is 0.0755. The third kappa shape index (κ3) is 4.34. The van der Waals surface area contributed by atoms with Gasteiger partial charge in [-0.25, -0.2) is 0 Å². The van der Waals surface area contributed by atoms with Crippen molar-refractivity contribution in [1.29, 1.82) is 0 Å². The van der Waals surface area contributed by atoms with Crippen LogP contribution in [0.25, 0.3) is 11.3 Å². The van der Waals surface area contributed by atoms with Gasteiger partial charge in [0.25, 0.3) is 5.91 Å². The summed E-state index contributed by atoms with van der Waals surface area (Å²) in [6, 6.07) is 9.74. The molecule has 0 unspecified atom stereocenters. The predicted octanol–water partition coefficient (Wildman–Crippen LogP) is 2.92. The molecule has 1 saturated heterocycles. The van der Waals surface area contributed by atoms with Gasteiger partial charge in [0.15, 0.2) is 0 Å². The molecule has 3 aromatic rings. The Hall–Kier alpha value is -2.45. The number of aromatic nitrogens is 4. The highest BCUT2D eigenvalue weighted by atomic mass is 79.9. The minimum atomic E-state index is 0.0130. The number of aryl methyl sites for hydroxylation is 1. The van der Waals surface area contributed by atoms with Gasteiger partial charge in [-0.1, -0.05) is 28.1 Å². The number of rotatable bonds is 4. The quantitative estimate of drug-likeness (QED) is 0.674. The van der Waals surface area contributed by atoms with E-state index in [1.165, 1.54) is 5.56 Å². The van der Waals surface area contributed by atoms with Gasteiger partial charge in [0, 0.05) is 61.6 Å². The number of hydrogen-bond acceptors (Lipinski definition) is 4. The van der Waals surface area contributed by atoms with Crippen molar-refractivity contribution in [3.8, 4) is 11.3 Å². The summed E-state index contributed by atoms with van der Waals surface area (Å²) in [5, 5.41) is 11.5. The fraction of sp³-hybridized carbons (Fsp3) is 0.350. The van der Waals surface area contributed by atoms with Crippen molar-refractivity contribution in [3.63, 3.8) is 0 Å². The van der Waals surface area contributed by atoms with E-state index in [9.17, 15) is 4.79 Å². The van der Waals surface area contributed by atoms with Crippen LogP contribution in [0, 0.1) is 0 Å². The number of nitrogens with one attached hydrogen (secondary N) is 1. The number of carbonyl (C=O) groups is 1. The van der Waals surface area contributed by atoms with Gasteiger partial charge in [-0.3, -0.25) is 19.5 Å². The average molecular weight is 443 g/mol. The number of H-pyrrole nitrogens is 1. The van der Waals surface area contributed by atoms with Crippen molar-refractivity contribution in [2.45, 2.75) is 13.0 Å². The second-order valence-corrected chi connectivity index (χ2v) is 8.03. The minimum Gasteiger partial charge on any atom is -0.336 e. The molecule has 0 radical (unpaired) electrons. The third-order valence-corrected chi connectivity index (χ3v) is 5.52. The lowest BCUT2D eigenvalue weighted by atomic mass is 10.1. The maximum atomic E-state index is 12.9. The molecule has 1 aromatic carbocycles. The smallest absolute Gasteiger partial charge is 0.271 e. The molecule has 0 aliphatic carbocycles. The Morgan fingerprint density at radius 2 is 2.00 bits per heavy atom. The number of carbonyl (C=O) groups excluding carboxylic acids is 1. The lowest BCUT2D eigenvalue weighted by Crippen LogP contribution is -2.35. The van der Waals surface area contributed by atoms with Gasteiger partial charge in [0.2, 0.25) is 0 Å². The Morgan fingerprint density at radius 1 is 1.18 bits per heavy atom. The van der Waals surface area contributed by atoms with E-state index in [1.54, 1.807) is 0 Å². The van der Waals surface area contributed by atoms with Crippen LogP contribution < -0.4 is 0 Å². The summed E-state index contributed by atoms with van der Waals surface area (Å²) in [5.41, 5.74) is 3.51. The van der Waals surface area contributed by atoms with Crippen LogP contribution in [0.1, 0.15) is 22.5 Å². The number of halogens is 1. The van der Waals surface area contributed by atoms with Gasteiger partial charge in [-0.2, -0.15) is 10.2 Å². The first kappa shape index (κ1) is 18.9. The van der Waals surface area contributed by atoms with E-state index in [-0.39, 0.29) is 5.91 Å². The van der Waals surface area contributed by atoms with Crippen LogP contribution >= 0.6 is 15.9 Å². The summed E-state index contributed by atoms with van der Waals surface area (Å²) in [6.45, 7) is 4.18. The first-order chi connectivity index (χ1) is 13.6. The highest BCUT2D eigenvalue weighted by molar-refractivity contribution is 9.10. The van der Waals surface area contributed by atoms with Gasteiger partial charge in [-0.15, -0.1) is 0 Å². The van der Waals surface area contributed by atoms with Crippen LogP contribution in [-0.4, -0.2) is 61.9 Å². The van der Waals surface area contributed by atoms with E-state index in [4.69, 9.17) is 0 Å². The summed E-state index contributed by atoms with van der Waals surface area (Å²) < 4.78 is 2.84. The van der Waals surface area contributed by atoms with Crippen molar-refractivity contribution < 1.29 is 4.79 Å². The predicted molar refractivity (Wildman–Crippen MR) is 111 cm³/mol. The fourth-order valence-corrected chi connectivity index (χ4v) is 3.78. The SMILES string of the molecule is Cn1cc(CN2CCCN(C(=O)c3cc(-c4ccc(Br)cc4)n[nH]3)CC2)cn1. The topological polar surface area (TPSA) is 70.1 Å². The van der Waals surface area contributed by atoms with E-state index >= 15 is 0 Å². The molecule has 1 N–H and O–H groups in total. The molecule has 7 nitrogen and oxygen atoms in total. The molecular weight excluding hydrogens is 420 g/mol. The Balaban J connectivity index is 1.39. The standard InChI is InChI=1S/C20H23BrN6O/c1-25-13-15(12-22-25)14-26-7-2-8-27(10-9-26)20(28)19-11-18(23-24-19)16-3-5-17(21)6-4-16/h3-6,11-13H,2,7-10,14H2,1H3,(H,23,24). The van der Waals surface area contributed by atoms with Crippen molar-refractivity contribution in [2.75, 3.05) is 26.2 Å². The third-order valence-electron chi connectivity index (χ3n) is 4.99. The normalized spacial score (nSPS) is 15.6. The van der Waals surface area contributed by atoms with Gasteiger partial charge < -0.3 is 4.90 Å². The Bertz CT molecular complexity index is 948. The molecular formula is C20H23BrN6O. The zero-order valence-electron chi connectivity index (χ0n) is 15.8. The van der Waals surface area contributed by atoms with E-state index in [1.807, 2.05) is 59.4 Å². The molecule has 3 heterocycles. The van der Waals surface area contributed by atoms with E-state index in [0.717, 1.165) is 48.3 Å². The van der Waals surface area contributed by atoms with Gasteiger partial charge >= 0.3 is 0 Å². The summed E-state index contributed by atoms with van der Waals surface area (Å²) >= 11 is 3.44. The Labute approximate surface area is 172 Å². The maximum absolute atomic E-state index is 12.9. The molecule has 146 valence electrons. The number of amides is 1. The molecule has 0 bridgehead atoms. The summed E-state index contributed by atoms with van der Waals surface area (Å²) in [5.74, 6) is 0.0130. The average Bonchev–Trinajstić information content (AvgIpc) is 3.27. The highest BCUT2D eigenvalue weighted by Crippen LogP contribution is 2.21.